The first-order valence-corrected chi connectivity index (χ1v) is 5.16. The lowest BCUT2D eigenvalue weighted by molar-refractivity contribution is 0.0827. The van der Waals surface area contributed by atoms with Crippen molar-refractivity contribution in [3.63, 3.8) is 0 Å². The van der Waals surface area contributed by atoms with Gasteiger partial charge in [-0.2, -0.15) is 0 Å². The minimum absolute atomic E-state index is 0.103. The molecule has 1 rings (SSSR count). The molecule has 0 unspecified atom stereocenters. The third-order valence-electron chi connectivity index (χ3n) is 1.57. The number of halogens is 1. The van der Waals surface area contributed by atoms with Crippen molar-refractivity contribution in [1.29, 1.82) is 0 Å². The van der Waals surface area contributed by atoms with Gasteiger partial charge in [-0.05, 0) is 18.2 Å². The van der Waals surface area contributed by atoms with Gasteiger partial charge < -0.3 is 10.6 Å². The van der Waals surface area contributed by atoms with E-state index in [0.717, 1.165) is 0 Å². The van der Waals surface area contributed by atoms with Crippen molar-refractivity contribution in [2.45, 2.75) is 13.8 Å². The fourth-order valence-electron chi connectivity index (χ4n) is 0.994. The van der Waals surface area contributed by atoms with Crippen LogP contribution in [0.4, 0.5) is 5.69 Å². The molecule has 0 atom stereocenters. The molecule has 1 aromatic carbocycles. The Kier molecular flexibility index (Phi) is 5.79. The molecule has 0 bridgehead atoms. The van der Waals surface area contributed by atoms with E-state index in [2.05, 4.69) is 0 Å². The second-order valence-electron chi connectivity index (χ2n) is 2.97. The second-order valence-corrected chi connectivity index (χ2v) is 3.41. The van der Waals surface area contributed by atoms with E-state index in [-0.39, 0.29) is 5.91 Å². The minimum atomic E-state index is -0.103. The van der Waals surface area contributed by atoms with E-state index in [4.69, 9.17) is 17.3 Å². The van der Waals surface area contributed by atoms with Gasteiger partial charge in [-0.3, -0.25) is 4.79 Å². The van der Waals surface area contributed by atoms with Gasteiger partial charge in [0.2, 0.25) is 0 Å². The summed E-state index contributed by atoms with van der Waals surface area (Å²) in [5.74, 6) is -0.103. The molecule has 0 spiro atoms. The van der Waals surface area contributed by atoms with Crippen LogP contribution >= 0.6 is 11.6 Å². The normalized spacial score (nSPS) is 8.87. The molecule has 0 aromatic heterocycles. The van der Waals surface area contributed by atoms with E-state index in [1.807, 2.05) is 13.8 Å². The molecule has 0 heterocycles. The molecule has 1 aromatic rings. The van der Waals surface area contributed by atoms with E-state index in [0.29, 0.717) is 16.3 Å². The third kappa shape index (κ3) is 4.21. The van der Waals surface area contributed by atoms with Gasteiger partial charge in [0.05, 0.1) is 0 Å². The Morgan fingerprint density at radius 2 is 1.80 bits per heavy atom. The SMILES string of the molecule is CC.CN(C)C(=O)c1cc(N)cc(Cl)c1. The summed E-state index contributed by atoms with van der Waals surface area (Å²) in [6, 6.07) is 4.81. The summed E-state index contributed by atoms with van der Waals surface area (Å²) in [5.41, 5.74) is 6.55. The van der Waals surface area contributed by atoms with Crippen LogP contribution in [0.15, 0.2) is 18.2 Å². The lowest BCUT2D eigenvalue weighted by atomic mass is 10.2. The van der Waals surface area contributed by atoms with Crippen LogP contribution < -0.4 is 5.73 Å². The van der Waals surface area contributed by atoms with E-state index >= 15 is 0 Å². The number of anilines is 1. The van der Waals surface area contributed by atoms with E-state index < -0.39 is 0 Å². The first kappa shape index (κ1) is 13.8. The topological polar surface area (TPSA) is 46.3 Å². The second kappa shape index (κ2) is 6.30. The van der Waals surface area contributed by atoms with Crippen molar-refractivity contribution >= 4 is 23.2 Å². The number of hydrogen-bond donors (Lipinski definition) is 1. The Labute approximate surface area is 95.8 Å². The van der Waals surface area contributed by atoms with Crippen molar-refractivity contribution in [2.24, 2.45) is 0 Å². The van der Waals surface area contributed by atoms with Crippen molar-refractivity contribution in [3.8, 4) is 0 Å². The summed E-state index contributed by atoms with van der Waals surface area (Å²) in [6.07, 6.45) is 0. The first-order valence-electron chi connectivity index (χ1n) is 4.78. The molecule has 84 valence electrons. The number of benzene rings is 1. The fraction of sp³-hybridized carbons (Fsp3) is 0.364. The van der Waals surface area contributed by atoms with Crippen LogP contribution in [-0.2, 0) is 0 Å². The van der Waals surface area contributed by atoms with Gasteiger partial charge in [-0.1, -0.05) is 25.4 Å². The lowest BCUT2D eigenvalue weighted by Gasteiger charge is -2.10. The van der Waals surface area contributed by atoms with Gasteiger partial charge in [0, 0.05) is 30.4 Å². The maximum Gasteiger partial charge on any atom is 0.253 e. The van der Waals surface area contributed by atoms with Crippen LogP contribution in [0.2, 0.25) is 5.02 Å². The van der Waals surface area contributed by atoms with E-state index in [1.54, 1.807) is 32.3 Å². The van der Waals surface area contributed by atoms with Gasteiger partial charge in [0.1, 0.15) is 0 Å². The highest BCUT2D eigenvalue weighted by Gasteiger charge is 2.08. The summed E-state index contributed by atoms with van der Waals surface area (Å²) < 4.78 is 0. The molecule has 0 aliphatic rings. The highest BCUT2D eigenvalue weighted by molar-refractivity contribution is 6.31. The summed E-state index contributed by atoms with van der Waals surface area (Å²) in [6.45, 7) is 4.00. The molecular weight excluding hydrogens is 212 g/mol. The maximum absolute atomic E-state index is 11.5. The number of nitrogens with zero attached hydrogens (tertiary/aromatic N) is 1. The predicted molar refractivity (Wildman–Crippen MR) is 65.2 cm³/mol. The van der Waals surface area contributed by atoms with Crippen LogP contribution in [0.3, 0.4) is 0 Å². The Morgan fingerprint density at radius 1 is 1.27 bits per heavy atom. The highest BCUT2D eigenvalue weighted by Crippen LogP contribution is 2.17. The van der Waals surface area contributed by atoms with Crippen molar-refractivity contribution < 1.29 is 4.79 Å². The number of carbonyl (C=O) groups is 1. The summed E-state index contributed by atoms with van der Waals surface area (Å²) in [4.78, 5) is 12.9. The van der Waals surface area contributed by atoms with Gasteiger partial charge in [-0.25, -0.2) is 0 Å². The smallest absolute Gasteiger partial charge is 0.253 e. The minimum Gasteiger partial charge on any atom is -0.399 e. The number of amides is 1. The van der Waals surface area contributed by atoms with Gasteiger partial charge >= 0.3 is 0 Å². The van der Waals surface area contributed by atoms with E-state index in [9.17, 15) is 4.79 Å². The molecule has 15 heavy (non-hydrogen) atoms. The highest BCUT2D eigenvalue weighted by atomic mass is 35.5. The lowest BCUT2D eigenvalue weighted by Crippen LogP contribution is -2.21. The van der Waals surface area contributed by atoms with Gasteiger partial charge in [0.15, 0.2) is 0 Å². The summed E-state index contributed by atoms with van der Waals surface area (Å²) >= 11 is 5.75. The Morgan fingerprint density at radius 3 is 2.20 bits per heavy atom. The molecule has 0 aliphatic heterocycles. The quantitative estimate of drug-likeness (QED) is 0.752. The predicted octanol–water partition coefficient (Wildman–Crippen LogP) is 2.65. The molecule has 0 radical (unpaired) electrons. The number of rotatable bonds is 1. The third-order valence-corrected chi connectivity index (χ3v) is 1.79. The van der Waals surface area contributed by atoms with Crippen molar-refractivity contribution in [1.82, 2.24) is 4.90 Å². The Bertz CT molecular complexity index is 317. The first-order chi connectivity index (χ1) is 7.00. The molecule has 0 saturated heterocycles. The van der Waals surface area contributed by atoms with Gasteiger partial charge in [-0.15, -0.1) is 0 Å². The number of carbonyl (C=O) groups excluding carboxylic acids is 1. The van der Waals surface area contributed by atoms with Crippen LogP contribution in [0.1, 0.15) is 24.2 Å². The zero-order valence-corrected chi connectivity index (χ0v) is 10.3. The van der Waals surface area contributed by atoms with Crippen LogP contribution in [0, 0.1) is 0 Å². The average molecular weight is 229 g/mol. The molecule has 0 saturated carbocycles. The number of nitrogen functional groups attached to an aromatic ring is 1. The fourth-order valence-corrected chi connectivity index (χ4v) is 1.24. The Hall–Kier alpha value is -1.22. The van der Waals surface area contributed by atoms with Crippen LogP contribution in [0.25, 0.3) is 0 Å². The molecule has 3 nitrogen and oxygen atoms in total. The van der Waals surface area contributed by atoms with E-state index in [1.165, 1.54) is 4.90 Å². The molecule has 4 heteroatoms. The molecule has 0 aliphatic carbocycles. The zero-order chi connectivity index (χ0) is 12.0. The maximum atomic E-state index is 11.5. The molecule has 1 amide bonds. The zero-order valence-electron chi connectivity index (χ0n) is 9.54. The molecule has 2 N–H and O–H groups in total. The Balaban J connectivity index is 0.000000921. The summed E-state index contributed by atoms with van der Waals surface area (Å²) in [5, 5.41) is 0.477. The number of hydrogen-bond acceptors (Lipinski definition) is 2. The largest absolute Gasteiger partial charge is 0.399 e. The van der Waals surface area contributed by atoms with Crippen molar-refractivity contribution in [3.05, 3.63) is 28.8 Å². The average Bonchev–Trinajstić information content (AvgIpc) is 2.18. The van der Waals surface area contributed by atoms with Gasteiger partial charge in [0.25, 0.3) is 5.91 Å². The number of nitrogens with two attached hydrogens (primary N) is 1. The summed E-state index contributed by atoms with van der Waals surface area (Å²) in [7, 11) is 3.36. The molecular formula is C11H17ClN2O. The molecule has 0 fully saturated rings. The standard InChI is InChI=1S/C9H11ClN2O.C2H6/c1-12(2)9(13)6-3-7(10)5-8(11)4-6;1-2/h3-5H,11H2,1-2H3;1-2H3. The monoisotopic (exact) mass is 228 g/mol. The van der Waals surface area contributed by atoms with Crippen LogP contribution in [-0.4, -0.2) is 24.9 Å². The van der Waals surface area contributed by atoms with Crippen LogP contribution in [0.5, 0.6) is 0 Å². The van der Waals surface area contributed by atoms with Crippen molar-refractivity contribution in [2.75, 3.05) is 19.8 Å².